The quantitative estimate of drug-likeness (QED) is 0.736. The van der Waals surface area contributed by atoms with E-state index in [4.69, 9.17) is 0 Å². The standard InChI is InChI=1S/C19H21N5O/c25-19(17-5-1-2-6-18(17)22-9-3-4-10-22)23-11-7-16(8-12-23)13-24-15-20-14-21-24/h1-6,9-10,14-16H,7-8,11-13H2. The van der Waals surface area contributed by atoms with Gasteiger partial charge in [0.2, 0.25) is 0 Å². The SMILES string of the molecule is O=C(c1ccccc1-n1cccc1)N1CCC(Cn2cncn2)CC1. The van der Waals surface area contributed by atoms with Gasteiger partial charge in [0.05, 0.1) is 11.3 Å². The second-order valence-electron chi connectivity index (χ2n) is 6.46. The van der Waals surface area contributed by atoms with E-state index >= 15 is 0 Å². The number of rotatable bonds is 4. The van der Waals surface area contributed by atoms with Crippen molar-refractivity contribution in [2.75, 3.05) is 13.1 Å². The molecule has 0 radical (unpaired) electrons. The van der Waals surface area contributed by atoms with E-state index in [0.717, 1.165) is 43.7 Å². The molecular weight excluding hydrogens is 314 g/mol. The fourth-order valence-electron chi connectivity index (χ4n) is 3.46. The van der Waals surface area contributed by atoms with Gasteiger partial charge >= 0.3 is 0 Å². The number of likely N-dealkylation sites (tertiary alicyclic amines) is 1. The molecule has 2 aromatic heterocycles. The largest absolute Gasteiger partial charge is 0.339 e. The van der Waals surface area contributed by atoms with Crippen LogP contribution in [0.25, 0.3) is 5.69 Å². The Morgan fingerprint density at radius 2 is 1.84 bits per heavy atom. The van der Waals surface area contributed by atoms with Crippen molar-refractivity contribution >= 4 is 5.91 Å². The van der Waals surface area contributed by atoms with Crippen LogP contribution in [0.15, 0.2) is 61.4 Å². The van der Waals surface area contributed by atoms with Crippen LogP contribution in [0.5, 0.6) is 0 Å². The molecule has 0 unspecified atom stereocenters. The number of nitrogens with zero attached hydrogens (tertiary/aromatic N) is 5. The molecule has 0 aliphatic carbocycles. The number of hydrogen-bond acceptors (Lipinski definition) is 3. The van der Waals surface area contributed by atoms with Crippen molar-refractivity contribution in [1.29, 1.82) is 0 Å². The Hall–Kier alpha value is -2.89. The van der Waals surface area contributed by atoms with Crippen LogP contribution in [0.3, 0.4) is 0 Å². The highest BCUT2D eigenvalue weighted by Gasteiger charge is 2.25. The maximum Gasteiger partial charge on any atom is 0.255 e. The molecule has 3 heterocycles. The number of aromatic nitrogens is 4. The van der Waals surface area contributed by atoms with Crippen LogP contribution in [0, 0.1) is 5.92 Å². The summed E-state index contributed by atoms with van der Waals surface area (Å²) in [6.07, 6.45) is 9.25. The van der Waals surface area contributed by atoms with Crippen molar-refractivity contribution in [3.63, 3.8) is 0 Å². The van der Waals surface area contributed by atoms with Crippen LogP contribution in [-0.4, -0.2) is 43.2 Å². The Morgan fingerprint density at radius 1 is 1.08 bits per heavy atom. The summed E-state index contributed by atoms with van der Waals surface area (Å²) in [6, 6.07) is 11.7. The molecule has 1 amide bonds. The topological polar surface area (TPSA) is 56.0 Å². The first-order chi connectivity index (χ1) is 12.3. The Kier molecular flexibility index (Phi) is 4.33. The molecule has 128 valence electrons. The number of piperidine rings is 1. The molecule has 0 spiro atoms. The highest BCUT2D eigenvalue weighted by molar-refractivity contribution is 5.97. The molecule has 6 heteroatoms. The summed E-state index contributed by atoms with van der Waals surface area (Å²) in [6.45, 7) is 2.46. The van der Waals surface area contributed by atoms with Crippen molar-refractivity contribution < 1.29 is 4.79 Å². The Bertz CT molecular complexity index is 817. The molecule has 0 bridgehead atoms. The molecule has 4 rings (SSSR count). The normalized spacial score (nSPS) is 15.4. The van der Waals surface area contributed by atoms with Gasteiger partial charge in [-0.1, -0.05) is 12.1 Å². The molecule has 1 aliphatic heterocycles. The van der Waals surface area contributed by atoms with Gasteiger partial charge in [0.25, 0.3) is 5.91 Å². The predicted octanol–water partition coefficient (Wildman–Crippen LogP) is 2.62. The van der Waals surface area contributed by atoms with Crippen molar-refractivity contribution in [3.05, 3.63) is 67.0 Å². The first kappa shape index (κ1) is 15.6. The number of benzene rings is 1. The van der Waals surface area contributed by atoms with Gasteiger partial charge in [0, 0.05) is 32.0 Å². The Labute approximate surface area is 146 Å². The van der Waals surface area contributed by atoms with Crippen LogP contribution in [0.4, 0.5) is 0 Å². The van der Waals surface area contributed by atoms with E-state index in [1.54, 1.807) is 12.7 Å². The summed E-state index contributed by atoms with van der Waals surface area (Å²) >= 11 is 0. The van der Waals surface area contributed by atoms with Crippen LogP contribution in [-0.2, 0) is 6.54 Å². The molecule has 0 atom stereocenters. The third kappa shape index (κ3) is 3.33. The van der Waals surface area contributed by atoms with E-state index in [1.165, 1.54) is 0 Å². The number of carbonyl (C=O) groups is 1. The zero-order valence-corrected chi connectivity index (χ0v) is 14.0. The van der Waals surface area contributed by atoms with Gasteiger partial charge in [-0.25, -0.2) is 4.98 Å². The van der Waals surface area contributed by atoms with Crippen LogP contribution < -0.4 is 0 Å². The average Bonchev–Trinajstić information content (AvgIpc) is 3.36. The lowest BCUT2D eigenvalue weighted by atomic mass is 9.96. The van der Waals surface area contributed by atoms with Gasteiger partial charge in [-0.3, -0.25) is 9.48 Å². The predicted molar refractivity (Wildman–Crippen MR) is 94.4 cm³/mol. The number of carbonyl (C=O) groups excluding carboxylic acids is 1. The van der Waals surface area contributed by atoms with Crippen molar-refractivity contribution in [2.24, 2.45) is 5.92 Å². The molecule has 25 heavy (non-hydrogen) atoms. The lowest BCUT2D eigenvalue weighted by molar-refractivity contribution is 0.0681. The van der Waals surface area contributed by atoms with Gasteiger partial charge in [-0.15, -0.1) is 0 Å². The maximum atomic E-state index is 13.0. The van der Waals surface area contributed by atoms with Crippen LogP contribution in [0.2, 0.25) is 0 Å². The second kappa shape index (κ2) is 6.93. The first-order valence-electron chi connectivity index (χ1n) is 8.65. The number of hydrogen-bond donors (Lipinski definition) is 0. The third-order valence-corrected chi connectivity index (χ3v) is 4.83. The summed E-state index contributed by atoms with van der Waals surface area (Å²) in [4.78, 5) is 19.0. The fraction of sp³-hybridized carbons (Fsp3) is 0.316. The van der Waals surface area contributed by atoms with E-state index in [2.05, 4.69) is 10.1 Å². The van der Waals surface area contributed by atoms with Gasteiger partial charge in [0.1, 0.15) is 12.7 Å². The average molecular weight is 335 g/mol. The van der Waals surface area contributed by atoms with Crippen molar-refractivity contribution in [2.45, 2.75) is 19.4 Å². The Morgan fingerprint density at radius 3 is 2.56 bits per heavy atom. The lowest BCUT2D eigenvalue weighted by Crippen LogP contribution is -2.39. The van der Waals surface area contributed by atoms with E-state index in [1.807, 2.05) is 62.9 Å². The Balaban J connectivity index is 1.44. The first-order valence-corrected chi connectivity index (χ1v) is 8.65. The van der Waals surface area contributed by atoms with E-state index in [-0.39, 0.29) is 5.91 Å². The highest BCUT2D eigenvalue weighted by Crippen LogP contribution is 2.23. The van der Waals surface area contributed by atoms with Crippen molar-refractivity contribution in [1.82, 2.24) is 24.2 Å². The smallest absolute Gasteiger partial charge is 0.255 e. The van der Waals surface area contributed by atoms with Crippen LogP contribution >= 0.6 is 0 Å². The molecular formula is C19H21N5O. The summed E-state index contributed by atoms with van der Waals surface area (Å²) in [5.74, 6) is 0.661. The minimum absolute atomic E-state index is 0.114. The maximum absolute atomic E-state index is 13.0. The fourth-order valence-corrected chi connectivity index (χ4v) is 3.46. The molecule has 1 aromatic carbocycles. The van der Waals surface area contributed by atoms with Gasteiger partial charge in [-0.2, -0.15) is 5.10 Å². The zero-order valence-electron chi connectivity index (χ0n) is 14.0. The monoisotopic (exact) mass is 335 g/mol. The van der Waals surface area contributed by atoms with Crippen LogP contribution in [0.1, 0.15) is 23.2 Å². The summed E-state index contributed by atoms with van der Waals surface area (Å²) in [7, 11) is 0. The lowest BCUT2D eigenvalue weighted by Gasteiger charge is -2.32. The molecule has 6 nitrogen and oxygen atoms in total. The van der Waals surface area contributed by atoms with Gasteiger partial charge in [0.15, 0.2) is 0 Å². The second-order valence-corrected chi connectivity index (χ2v) is 6.46. The molecule has 1 aliphatic rings. The molecule has 0 saturated carbocycles. The minimum atomic E-state index is 0.114. The molecule has 0 N–H and O–H groups in total. The molecule has 1 fully saturated rings. The van der Waals surface area contributed by atoms with Crippen molar-refractivity contribution in [3.8, 4) is 5.69 Å². The van der Waals surface area contributed by atoms with Gasteiger partial charge in [-0.05, 0) is 43.0 Å². The highest BCUT2D eigenvalue weighted by atomic mass is 16.2. The summed E-state index contributed by atoms with van der Waals surface area (Å²) < 4.78 is 3.87. The molecule has 3 aromatic rings. The molecule has 1 saturated heterocycles. The van der Waals surface area contributed by atoms with E-state index in [0.29, 0.717) is 5.92 Å². The van der Waals surface area contributed by atoms with Gasteiger partial charge < -0.3 is 9.47 Å². The zero-order chi connectivity index (χ0) is 17.1. The van der Waals surface area contributed by atoms with E-state index in [9.17, 15) is 4.79 Å². The summed E-state index contributed by atoms with van der Waals surface area (Å²) in [5.41, 5.74) is 1.69. The number of amides is 1. The number of para-hydroxylation sites is 1. The third-order valence-electron chi connectivity index (χ3n) is 4.83. The summed E-state index contributed by atoms with van der Waals surface area (Å²) in [5, 5.41) is 4.17. The van der Waals surface area contributed by atoms with E-state index < -0.39 is 0 Å². The minimum Gasteiger partial charge on any atom is -0.339 e.